The Balaban J connectivity index is 2.45. The number of imide groups is 1. The number of carbonyl (C=O) groups is 3. The highest BCUT2D eigenvalue weighted by molar-refractivity contribution is 5.98. The van der Waals surface area contributed by atoms with Gasteiger partial charge in [0.2, 0.25) is 0 Å². The fourth-order valence-electron chi connectivity index (χ4n) is 1.96. The molecule has 3 amide bonds. The average molecular weight is 350 g/mol. The average Bonchev–Trinajstić information content (AvgIpc) is 2.61. The van der Waals surface area contributed by atoms with E-state index in [-0.39, 0.29) is 0 Å². The lowest BCUT2D eigenvalue weighted by molar-refractivity contribution is -0.127. The molecule has 0 bridgehead atoms. The molecule has 0 radical (unpaired) electrons. The maximum absolute atomic E-state index is 12.0. The Labute approximate surface area is 148 Å². The molecule has 0 heterocycles. The topological polar surface area (TPSA) is 93.7 Å². The molecule has 1 rings (SSSR count). The van der Waals surface area contributed by atoms with Crippen LogP contribution in [-0.2, 0) is 9.53 Å². The van der Waals surface area contributed by atoms with Crippen molar-refractivity contribution in [1.82, 2.24) is 10.6 Å². The van der Waals surface area contributed by atoms with Gasteiger partial charge < -0.3 is 14.8 Å². The summed E-state index contributed by atoms with van der Waals surface area (Å²) in [6.07, 6.45) is 3.42. The Bertz CT molecular complexity index is 571. The lowest BCUT2D eigenvalue weighted by Crippen LogP contribution is -2.43. The van der Waals surface area contributed by atoms with Crippen molar-refractivity contribution in [3.63, 3.8) is 0 Å². The zero-order valence-electron chi connectivity index (χ0n) is 15.0. The van der Waals surface area contributed by atoms with Crippen molar-refractivity contribution in [3.05, 3.63) is 29.8 Å². The van der Waals surface area contributed by atoms with E-state index in [1.165, 1.54) is 26.8 Å². The second kappa shape index (κ2) is 11.1. The van der Waals surface area contributed by atoms with Crippen LogP contribution >= 0.6 is 0 Å². The van der Waals surface area contributed by atoms with Gasteiger partial charge in [-0.15, -0.1) is 0 Å². The van der Waals surface area contributed by atoms with Crippen LogP contribution in [0.5, 0.6) is 5.75 Å². The molecule has 138 valence electrons. The van der Waals surface area contributed by atoms with E-state index >= 15 is 0 Å². The van der Waals surface area contributed by atoms with Crippen molar-refractivity contribution in [1.29, 1.82) is 0 Å². The van der Waals surface area contributed by atoms with Gasteiger partial charge in [0, 0.05) is 7.05 Å². The first kappa shape index (κ1) is 20.5. The Morgan fingerprint density at radius 3 is 2.36 bits per heavy atom. The Kier molecular flexibility index (Phi) is 9.06. The molecule has 0 aliphatic heterocycles. The first-order valence-electron chi connectivity index (χ1n) is 8.44. The number of urea groups is 1. The van der Waals surface area contributed by atoms with Gasteiger partial charge in [0.15, 0.2) is 6.10 Å². The summed E-state index contributed by atoms with van der Waals surface area (Å²) < 4.78 is 10.6. The molecule has 1 aromatic carbocycles. The molecule has 2 N–H and O–H groups in total. The fourth-order valence-corrected chi connectivity index (χ4v) is 1.96. The molecule has 25 heavy (non-hydrogen) atoms. The largest absolute Gasteiger partial charge is 0.494 e. The van der Waals surface area contributed by atoms with Gasteiger partial charge in [0.05, 0.1) is 12.2 Å². The van der Waals surface area contributed by atoms with E-state index < -0.39 is 24.0 Å². The van der Waals surface area contributed by atoms with E-state index in [9.17, 15) is 14.4 Å². The number of nitrogens with one attached hydrogen (secondary N) is 2. The van der Waals surface area contributed by atoms with Crippen LogP contribution in [0.4, 0.5) is 4.79 Å². The van der Waals surface area contributed by atoms with Crippen molar-refractivity contribution in [2.45, 2.75) is 45.6 Å². The molecule has 1 atom stereocenters. The summed E-state index contributed by atoms with van der Waals surface area (Å²) in [5.41, 5.74) is 0.304. The summed E-state index contributed by atoms with van der Waals surface area (Å²) in [5, 5.41) is 4.29. The third-order valence-electron chi connectivity index (χ3n) is 3.47. The minimum absolute atomic E-state index is 0.304. The molecule has 7 heteroatoms. The molecule has 0 spiro atoms. The summed E-state index contributed by atoms with van der Waals surface area (Å²) in [6.45, 7) is 4.19. The quantitative estimate of drug-likeness (QED) is 0.527. The third-order valence-corrected chi connectivity index (χ3v) is 3.47. The Morgan fingerprint density at radius 1 is 1.08 bits per heavy atom. The molecule has 0 aliphatic rings. The van der Waals surface area contributed by atoms with Crippen molar-refractivity contribution in [2.75, 3.05) is 13.7 Å². The lowest BCUT2D eigenvalue weighted by Gasteiger charge is -2.13. The number of ether oxygens (including phenoxy) is 2. The minimum Gasteiger partial charge on any atom is -0.494 e. The highest BCUT2D eigenvalue weighted by Crippen LogP contribution is 2.14. The van der Waals surface area contributed by atoms with Gasteiger partial charge in [-0.2, -0.15) is 0 Å². The van der Waals surface area contributed by atoms with Crippen LogP contribution in [0.25, 0.3) is 0 Å². The molecule has 0 saturated heterocycles. The summed E-state index contributed by atoms with van der Waals surface area (Å²) in [4.78, 5) is 34.7. The number of benzene rings is 1. The van der Waals surface area contributed by atoms with Crippen molar-refractivity contribution in [3.8, 4) is 5.75 Å². The number of amides is 3. The highest BCUT2D eigenvalue weighted by Gasteiger charge is 2.20. The van der Waals surface area contributed by atoms with E-state index in [1.54, 1.807) is 24.3 Å². The van der Waals surface area contributed by atoms with Crippen LogP contribution in [0.2, 0.25) is 0 Å². The van der Waals surface area contributed by atoms with Gasteiger partial charge in [0.1, 0.15) is 5.75 Å². The van der Waals surface area contributed by atoms with Crippen LogP contribution in [0.15, 0.2) is 24.3 Å². The second-order valence-electron chi connectivity index (χ2n) is 5.55. The maximum atomic E-state index is 12.0. The lowest BCUT2D eigenvalue weighted by atomic mass is 10.2. The Morgan fingerprint density at radius 2 is 1.76 bits per heavy atom. The van der Waals surface area contributed by atoms with Crippen LogP contribution in [0.1, 0.15) is 49.9 Å². The van der Waals surface area contributed by atoms with Gasteiger partial charge in [-0.25, -0.2) is 9.59 Å². The number of carbonyl (C=O) groups excluding carboxylic acids is 3. The minimum atomic E-state index is -1.08. The van der Waals surface area contributed by atoms with E-state index in [4.69, 9.17) is 9.47 Å². The fraction of sp³-hybridized carbons (Fsp3) is 0.500. The predicted molar refractivity (Wildman–Crippen MR) is 93.6 cm³/mol. The van der Waals surface area contributed by atoms with Crippen molar-refractivity contribution in [2.24, 2.45) is 0 Å². The summed E-state index contributed by atoms with van der Waals surface area (Å²) >= 11 is 0. The van der Waals surface area contributed by atoms with Gasteiger partial charge in [-0.3, -0.25) is 10.1 Å². The van der Waals surface area contributed by atoms with E-state index in [0.717, 1.165) is 12.8 Å². The van der Waals surface area contributed by atoms with E-state index in [0.29, 0.717) is 17.9 Å². The van der Waals surface area contributed by atoms with Crippen LogP contribution in [-0.4, -0.2) is 37.7 Å². The zero-order valence-corrected chi connectivity index (χ0v) is 15.0. The SMILES string of the molecule is CCCCCCOc1ccc(C(=O)O[C@H](C)C(=O)NC(=O)NC)cc1. The van der Waals surface area contributed by atoms with Crippen LogP contribution in [0.3, 0.4) is 0 Å². The predicted octanol–water partition coefficient (Wildman–Crippen LogP) is 2.65. The Hall–Kier alpha value is -2.57. The normalized spacial score (nSPS) is 11.3. The highest BCUT2D eigenvalue weighted by atomic mass is 16.5. The molecule has 0 aromatic heterocycles. The standard InChI is InChI=1S/C18H26N2O5/c1-4-5-6-7-12-24-15-10-8-14(9-11-15)17(22)25-13(2)16(21)20-18(23)19-3/h8-11,13H,4-7,12H2,1-3H3,(H2,19,20,21,23)/t13-/m1/s1. The van der Waals surface area contributed by atoms with Gasteiger partial charge in [-0.1, -0.05) is 26.2 Å². The number of hydrogen-bond acceptors (Lipinski definition) is 5. The number of rotatable bonds is 9. The van der Waals surface area contributed by atoms with Gasteiger partial charge >= 0.3 is 12.0 Å². The first-order chi connectivity index (χ1) is 12.0. The van der Waals surface area contributed by atoms with Crippen LogP contribution < -0.4 is 15.4 Å². The smallest absolute Gasteiger partial charge is 0.338 e. The number of unbranched alkanes of at least 4 members (excludes halogenated alkanes) is 3. The number of esters is 1. The molecular formula is C18H26N2O5. The molecule has 1 aromatic rings. The first-order valence-corrected chi connectivity index (χ1v) is 8.44. The molecule has 0 aliphatic carbocycles. The summed E-state index contributed by atoms with van der Waals surface area (Å²) in [5.74, 6) is -0.660. The molecule has 0 unspecified atom stereocenters. The van der Waals surface area contributed by atoms with Crippen LogP contribution in [0, 0.1) is 0 Å². The molecule has 0 fully saturated rings. The van der Waals surface area contributed by atoms with Gasteiger partial charge in [0.25, 0.3) is 5.91 Å². The van der Waals surface area contributed by atoms with E-state index in [2.05, 4.69) is 12.2 Å². The number of hydrogen-bond donors (Lipinski definition) is 2. The zero-order chi connectivity index (χ0) is 18.7. The second-order valence-corrected chi connectivity index (χ2v) is 5.55. The van der Waals surface area contributed by atoms with Gasteiger partial charge in [-0.05, 0) is 37.6 Å². The monoisotopic (exact) mass is 350 g/mol. The molecule has 0 saturated carbocycles. The van der Waals surface area contributed by atoms with E-state index in [1.807, 2.05) is 5.32 Å². The maximum Gasteiger partial charge on any atom is 0.338 e. The summed E-state index contributed by atoms with van der Waals surface area (Å²) in [6, 6.07) is 5.87. The summed E-state index contributed by atoms with van der Waals surface area (Å²) in [7, 11) is 1.38. The van der Waals surface area contributed by atoms with Crippen molar-refractivity contribution < 1.29 is 23.9 Å². The molecule has 7 nitrogen and oxygen atoms in total. The molecular weight excluding hydrogens is 324 g/mol. The third kappa shape index (κ3) is 7.69. The van der Waals surface area contributed by atoms with Crippen molar-refractivity contribution >= 4 is 17.9 Å².